The van der Waals surface area contributed by atoms with Crippen LogP contribution in [0.4, 0.5) is 4.39 Å². The maximum absolute atomic E-state index is 13.5. The Labute approximate surface area is 109 Å². The van der Waals surface area contributed by atoms with Gasteiger partial charge in [0.1, 0.15) is 5.82 Å². The standard InChI is InChI=1S/C14H15BrFN/c1-2-8-4-3-5-10-11-6-9(16)7-12(15)14(11)17-13(8)10/h6-8,17H,2-5H2,1H3. The lowest BCUT2D eigenvalue weighted by Gasteiger charge is -2.21. The average molecular weight is 296 g/mol. The lowest BCUT2D eigenvalue weighted by Crippen LogP contribution is -2.07. The first-order valence-corrected chi connectivity index (χ1v) is 6.99. The lowest BCUT2D eigenvalue weighted by atomic mass is 9.85. The van der Waals surface area contributed by atoms with E-state index in [9.17, 15) is 4.39 Å². The van der Waals surface area contributed by atoms with Crippen molar-refractivity contribution in [3.05, 3.63) is 33.7 Å². The molecule has 90 valence electrons. The number of H-pyrrole nitrogens is 1. The van der Waals surface area contributed by atoms with E-state index in [0.29, 0.717) is 5.92 Å². The Balaban J connectivity index is 2.30. The molecule has 1 aliphatic carbocycles. The Morgan fingerprint density at radius 2 is 2.29 bits per heavy atom. The molecule has 2 aromatic rings. The van der Waals surface area contributed by atoms with Gasteiger partial charge in [0.2, 0.25) is 0 Å². The van der Waals surface area contributed by atoms with Gasteiger partial charge in [-0.25, -0.2) is 4.39 Å². The zero-order chi connectivity index (χ0) is 12.0. The number of nitrogens with one attached hydrogen (secondary N) is 1. The normalized spacial score (nSPS) is 19.6. The monoisotopic (exact) mass is 295 g/mol. The molecule has 0 fully saturated rings. The largest absolute Gasteiger partial charge is 0.357 e. The molecule has 0 saturated heterocycles. The van der Waals surface area contributed by atoms with Gasteiger partial charge in [0, 0.05) is 15.6 Å². The fraction of sp³-hybridized carbons (Fsp3) is 0.429. The first kappa shape index (κ1) is 11.3. The topological polar surface area (TPSA) is 15.8 Å². The summed E-state index contributed by atoms with van der Waals surface area (Å²) in [5, 5.41) is 1.06. The van der Waals surface area contributed by atoms with Crippen LogP contribution in [0.25, 0.3) is 10.9 Å². The Morgan fingerprint density at radius 3 is 3.06 bits per heavy atom. The van der Waals surface area contributed by atoms with E-state index in [1.54, 1.807) is 6.07 Å². The highest BCUT2D eigenvalue weighted by Gasteiger charge is 2.23. The molecule has 3 heteroatoms. The zero-order valence-corrected chi connectivity index (χ0v) is 11.4. The Morgan fingerprint density at radius 1 is 1.47 bits per heavy atom. The van der Waals surface area contributed by atoms with Gasteiger partial charge in [-0.2, -0.15) is 0 Å². The molecular formula is C14H15BrFN. The fourth-order valence-electron chi connectivity index (χ4n) is 2.99. The van der Waals surface area contributed by atoms with Gasteiger partial charge in [-0.05, 0) is 65.2 Å². The van der Waals surface area contributed by atoms with Crippen LogP contribution in [-0.4, -0.2) is 4.98 Å². The second kappa shape index (κ2) is 4.13. The Hall–Kier alpha value is -0.830. The van der Waals surface area contributed by atoms with Crippen LogP contribution in [0, 0.1) is 5.82 Å². The molecule has 1 nitrogen and oxygen atoms in total. The predicted molar refractivity (Wildman–Crippen MR) is 71.9 cm³/mol. The molecule has 0 spiro atoms. The maximum Gasteiger partial charge on any atom is 0.125 e. The third-order valence-corrected chi connectivity index (χ3v) is 4.47. The van der Waals surface area contributed by atoms with E-state index < -0.39 is 0 Å². The summed E-state index contributed by atoms with van der Waals surface area (Å²) < 4.78 is 14.3. The van der Waals surface area contributed by atoms with Crippen molar-refractivity contribution in [1.82, 2.24) is 4.98 Å². The lowest BCUT2D eigenvalue weighted by molar-refractivity contribution is 0.532. The zero-order valence-electron chi connectivity index (χ0n) is 9.82. The van der Waals surface area contributed by atoms with Gasteiger partial charge in [0.05, 0.1) is 5.52 Å². The van der Waals surface area contributed by atoms with Crippen LogP contribution < -0.4 is 0 Å². The predicted octanol–water partition coefficient (Wildman–Crippen LogP) is 4.90. The van der Waals surface area contributed by atoms with Gasteiger partial charge in [-0.3, -0.25) is 0 Å². The summed E-state index contributed by atoms with van der Waals surface area (Å²) in [5.74, 6) is 0.450. The molecule has 1 aliphatic rings. The van der Waals surface area contributed by atoms with Crippen LogP contribution in [0.2, 0.25) is 0 Å². The molecule has 1 atom stereocenters. The number of hydrogen-bond donors (Lipinski definition) is 1. The van der Waals surface area contributed by atoms with E-state index in [-0.39, 0.29) is 5.82 Å². The van der Waals surface area contributed by atoms with Crippen LogP contribution in [0.5, 0.6) is 0 Å². The molecule has 1 N–H and O–H groups in total. The molecule has 1 heterocycles. The van der Waals surface area contributed by atoms with E-state index in [4.69, 9.17) is 0 Å². The molecule has 1 unspecified atom stereocenters. The van der Waals surface area contributed by atoms with Crippen molar-refractivity contribution in [2.45, 2.75) is 38.5 Å². The second-order valence-corrected chi connectivity index (χ2v) is 5.68. The summed E-state index contributed by atoms with van der Waals surface area (Å²) in [6.07, 6.45) is 4.69. The molecule has 0 saturated carbocycles. The molecule has 0 amide bonds. The highest BCUT2D eigenvalue weighted by Crippen LogP contribution is 2.39. The van der Waals surface area contributed by atoms with E-state index in [1.165, 1.54) is 30.2 Å². The van der Waals surface area contributed by atoms with Crippen molar-refractivity contribution in [3.8, 4) is 0 Å². The third-order valence-electron chi connectivity index (χ3n) is 3.85. The third kappa shape index (κ3) is 1.71. The minimum Gasteiger partial charge on any atom is -0.357 e. The fourth-order valence-corrected chi connectivity index (χ4v) is 3.52. The molecule has 1 aromatic heterocycles. The van der Waals surface area contributed by atoms with Crippen molar-refractivity contribution in [1.29, 1.82) is 0 Å². The van der Waals surface area contributed by atoms with Gasteiger partial charge in [0.15, 0.2) is 0 Å². The van der Waals surface area contributed by atoms with E-state index in [1.807, 2.05) is 0 Å². The number of hydrogen-bond acceptors (Lipinski definition) is 0. The molecule has 1 aromatic carbocycles. The molecule has 0 bridgehead atoms. The molecule has 17 heavy (non-hydrogen) atoms. The van der Waals surface area contributed by atoms with Crippen molar-refractivity contribution >= 4 is 26.8 Å². The SMILES string of the molecule is CCC1CCCc2c1[nH]c1c(Br)cc(F)cc21. The van der Waals surface area contributed by atoms with Crippen LogP contribution in [0.15, 0.2) is 16.6 Å². The number of aryl methyl sites for hydroxylation is 1. The number of rotatable bonds is 1. The smallest absolute Gasteiger partial charge is 0.125 e. The average Bonchev–Trinajstić information content (AvgIpc) is 2.68. The van der Waals surface area contributed by atoms with Gasteiger partial charge >= 0.3 is 0 Å². The quantitative estimate of drug-likeness (QED) is 0.770. The van der Waals surface area contributed by atoms with E-state index >= 15 is 0 Å². The highest BCUT2D eigenvalue weighted by molar-refractivity contribution is 9.10. The van der Waals surface area contributed by atoms with Gasteiger partial charge in [0.25, 0.3) is 0 Å². The van der Waals surface area contributed by atoms with E-state index in [2.05, 4.69) is 27.8 Å². The van der Waals surface area contributed by atoms with Crippen LogP contribution in [0.3, 0.4) is 0 Å². The summed E-state index contributed by atoms with van der Waals surface area (Å²) in [5.41, 5.74) is 3.72. The number of halogens is 2. The summed E-state index contributed by atoms with van der Waals surface area (Å²) >= 11 is 3.44. The van der Waals surface area contributed by atoms with Crippen LogP contribution >= 0.6 is 15.9 Å². The maximum atomic E-state index is 13.5. The minimum atomic E-state index is -0.162. The highest BCUT2D eigenvalue weighted by atomic mass is 79.9. The minimum absolute atomic E-state index is 0.162. The molecular weight excluding hydrogens is 281 g/mol. The van der Waals surface area contributed by atoms with E-state index in [0.717, 1.165) is 28.2 Å². The number of fused-ring (bicyclic) bond motifs is 3. The first-order valence-electron chi connectivity index (χ1n) is 6.20. The summed E-state index contributed by atoms with van der Waals surface area (Å²) in [6, 6.07) is 3.19. The second-order valence-electron chi connectivity index (χ2n) is 4.82. The summed E-state index contributed by atoms with van der Waals surface area (Å²) in [7, 11) is 0. The summed E-state index contributed by atoms with van der Waals surface area (Å²) in [4.78, 5) is 3.50. The van der Waals surface area contributed by atoms with Crippen LogP contribution in [0.1, 0.15) is 43.4 Å². The summed E-state index contributed by atoms with van der Waals surface area (Å²) in [6.45, 7) is 2.22. The molecule has 0 aliphatic heterocycles. The van der Waals surface area contributed by atoms with Crippen LogP contribution in [-0.2, 0) is 6.42 Å². The van der Waals surface area contributed by atoms with Gasteiger partial charge < -0.3 is 4.98 Å². The van der Waals surface area contributed by atoms with Crippen molar-refractivity contribution < 1.29 is 4.39 Å². The Kier molecular flexibility index (Phi) is 2.74. The first-order chi connectivity index (χ1) is 8.20. The van der Waals surface area contributed by atoms with Gasteiger partial charge in [-0.15, -0.1) is 0 Å². The van der Waals surface area contributed by atoms with Crippen molar-refractivity contribution in [2.24, 2.45) is 0 Å². The molecule has 0 radical (unpaired) electrons. The van der Waals surface area contributed by atoms with Gasteiger partial charge in [-0.1, -0.05) is 6.92 Å². The van der Waals surface area contributed by atoms with Crippen molar-refractivity contribution in [2.75, 3.05) is 0 Å². The van der Waals surface area contributed by atoms with Crippen molar-refractivity contribution in [3.63, 3.8) is 0 Å². The Bertz CT molecular complexity index is 573. The number of benzene rings is 1. The number of aromatic nitrogens is 1. The number of aromatic amines is 1. The molecule has 3 rings (SSSR count).